The van der Waals surface area contributed by atoms with Crippen LogP contribution in [0.2, 0.25) is 0 Å². The molecule has 1 aromatic rings. The number of carbonyl (C=O) groups is 1. The molecule has 0 saturated carbocycles. The van der Waals surface area contributed by atoms with Crippen LogP contribution in [-0.4, -0.2) is 50.5 Å². The van der Waals surface area contributed by atoms with E-state index in [1.165, 1.54) is 0 Å². The predicted molar refractivity (Wildman–Crippen MR) is 55.2 cm³/mol. The van der Waals surface area contributed by atoms with E-state index in [1.54, 1.807) is 11.7 Å². The third-order valence-corrected chi connectivity index (χ3v) is 2.70. The van der Waals surface area contributed by atoms with E-state index in [2.05, 4.69) is 25.7 Å². The van der Waals surface area contributed by atoms with Gasteiger partial charge in [-0.1, -0.05) is 5.10 Å². The van der Waals surface area contributed by atoms with Crippen LogP contribution in [-0.2, 0) is 7.05 Å². The Morgan fingerprint density at radius 3 is 2.69 bits per heavy atom. The predicted octanol–water partition coefficient (Wildman–Crippen LogP) is -0.553. The van der Waals surface area contributed by atoms with Crippen molar-refractivity contribution in [3.8, 4) is 0 Å². The van der Waals surface area contributed by atoms with Gasteiger partial charge in [0.05, 0.1) is 0 Å². The molecule has 1 aliphatic heterocycles. The fourth-order valence-corrected chi connectivity index (χ4v) is 1.89. The lowest BCUT2D eigenvalue weighted by Gasteiger charge is -2.31. The lowest BCUT2D eigenvalue weighted by molar-refractivity contribution is 0.187. The van der Waals surface area contributed by atoms with E-state index < -0.39 is 6.09 Å². The van der Waals surface area contributed by atoms with Crippen molar-refractivity contribution in [3.05, 3.63) is 0 Å². The molecule has 1 amide bonds. The van der Waals surface area contributed by atoms with Gasteiger partial charge in [0.1, 0.15) is 0 Å². The Kier molecular flexibility index (Phi) is 2.88. The van der Waals surface area contributed by atoms with E-state index in [-0.39, 0.29) is 6.04 Å². The molecule has 0 aliphatic carbocycles. The maximum atomic E-state index is 10.5. The fourth-order valence-electron chi connectivity index (χ4n) is 1.89. The molecule has 0 atom stereocenters. The van der Waals surface area contributed by atoms with E-state index >= 15 is 0 Å². The number of hydrogen-bond donors (Lipinski definition) is 2. The summed E-state index contributed by atoms with van der Waals surface area (Å²) in [5.41, 5.74) is 0. The molecule has 0 bridgehead atoms. The molecule has 2 N–H and O–H groups in total. The summed E-state index contributed by atoms with van der Waals surface area (Å²) in [6.45, 7) is 1.53. The highest BCUT2D eigenvalue weighted by Crippen LogP contribution is 2.15. The Labute approximate surface area is 92.2 Å². The number of piperidine rings is 1. The first kappa shape index (κ1) is 10.7. The third-order valence-electron chi connectivity index (χ3n) is 2.70. The normalized spacial score (nSPS) is 17.4. The summed E-state index contributed by atoms with van der Waals surface area (Å²) in [6.07, 6.45) is 0.594. The quantitative estimate of drug-likeness (QED) is 0.702. The highest BCUT2D eigenvalue weighted by Gasteiger charge is 2.23. The van der Waals surface area contributed by atoms with Crippen molar-refractivity contribution in [2.75, 3.05) is 18.0 Å². The van der Waals surface area contributed by atoms with Gasteiger partial charge < -0.3 is 15.3 Å². The lowest BCUT2D eigenvalue weighted by Crippen LogP contribution is -2.45. The summed E-state index contributed by atoms with van der Waals surface area (Å²) in [5.74, 6) is 0.730. The van der Waals surface area contributed by atoms with E-state index in [4.69, 9.17) is 5.11 Å². The van der Waals surface area contributed by atoms with Crippen LogP contribution >= 0.6 is 0 Å². The molecule has 16 heavy (non-hydrogen) atoms. The van der Waals surface area contributed by atoms with Crippen LogP contribution in [0.4, 0.5) is 10.7 Å². The maximum absolute atomic E-state index is 10.5. The van der Waals surface area contributed by atoms with Crippen LogP contribution < -0.4 is 10.2 Å². The minimum Gasteiger partial charge on any atom is -0.465 e. The molecule has 1 fully saturated rings. The number of anilines is 1. The number of aromatic nitrogens is 4. The van der Waals surface area contributed by atoms with Crippen LogP contribution in [0.3, 0.4) is 0 Å². The van der Waals surface area contributed by atoms with E-state index in [0.29, 0.717) is 0 Å². The molecular formula is C8H14N6O2. The Balaban J connectivity index is 1.90. The molecule has 2 rings (SSSR count). The Morgan fingerprint density at radius 2 is 2.19 bits per heavy atom. The first-order valence-electron chi connectivity index (χ1n) is 5.13. The minimum absolute atomic E-state index is 0.0370. The largest absolute Gasteiger partial charge is 0.465 e. The zero-order valence-corrected chi connectivity index (χ0v) is 9.00. The van der Waals surface area contributed by atoms with Gasteiger partial charge in [0.25, 0.3) is 0 Å². The maximum Gasteiger partial charge on any atom is 0.404 e. The number of carboxylic acid groups (broad SMARTS) is 1. The summed E-state index contributed by atoms with van der Waals surface area (Å²) < 4.78 is 1.62. The first-order valence-corrected chi connectivity index (χ1v) is 5.13. The molecule has 2 heterocycles. The van der Waals surface area contributed by atoms with Gasteiger partial charge in [-0.3, -0.25) is 0 Å². The van der Waals surface area contributed by atoms with Crippen LogP contribution in [0.5, 0.6) is 0 Å². The Morgan fingerprint density at radius 1 is 1.50 bits per heavy atom. The molecule has 1 aliphatic rings. The first-order chi connectivity index (χ1) is 7.66. The molecule has 8 heteroatoms. The average Bonchev–Trinajstić information content (AvgIpc) is 2.65. The van der Waals surface area contributed by atoms with E-state index in [9.17, 15) is 4.79 Å². The minimum atomic E-state index is -0.959. The number of hydrogen-bond acceptors (Lipinski definition) is 5. The van der Waals surface area contributed by atoms with Gasteiger partial charge in [-0.15, -0.1) is 0 Å². The summed E-state index contributed by atoms with van der Waals surface area (Å²) in [6, 6.07) is 0.0370. The monoisotopic (exact) mass is 226 g/mol. The Hall–Kier alpha value is -1.86. The molecule has 88 valence electrons. The standard InChI is InChI=1S/C8H14N6O2/c1-13-7(10-11-12-13)14-4-2-6(3-5-14)9-8(15)16/h6,9H,2-5H2,1H3,(H,15,16). The van der Waals surface area contributed by atoms with Crippen LogP contribution in [0.15, 0.2) is 0 Å². The van der Waals surface area contributed by atoms with Crippen molar-refractivity contribution in [2.24, 2.45) is 7.05 Å². The summed E-state index contributed by atoms with van der Waals surface area (Å²) in [4.78, 5) is 12.5. The van der Waals surface area contributed by atoms with Gasteiger partial charge in [0.2, 0.25) is 5.95 Å². The number of nitrogens with zero attached hydrogens (tertiary/aromatic N) is 5. The van der Waals surface area contributed by atoms with Crippen molar-refractivity contribution in [3.63, 3.8) is 0 Å². The number of nitrogens with one attached hydrogen (secondary N) is 1. The molecule has 0 spiro atoms. The van der Waals surface area contributed by atoms with Gasteiger partial charge in [-0.05, 0) is 23.3 Å². The molecule has 1 aromatic heterocycles. The molecule has 8 nitrogen and oxygen atoms in total. The molecule has 1 saturated heterocycles. The van der Waals surface area contributed by atoms with Gasteiger partial charge in [0.15, 0.2) is 0 Å². The molecule has 0 radical (unpaired) electrons. The summed E-state index contributed by atoms with van der Waals surface area (Å²) in [7, 11) is 1.79. The van der Waals surface area contributed by atoms with Crippen molar-refractivity contribution >= 4 is 12.0 Å². The second-order valence-electron chi connectivity index (χ2n) is 3.81. The number of rotatable bonds is 2. The van der Waals surface area contributed by atoms with Gasteiger partial charge >= 0.3 is 6.09 Å². The molecule has 0 unspecified atom stereocenters. The highest BCUT2D eigenvalue weighted by molar-refractivity contribution is 5.64. The molecular weight excluding hydrogens is 212 g/mol. The van der Waals surface area contributed by atoms with E-state index in [0.717, 1.165) is 31.9 Å². The fraction of sp³-hybridized carbons (Fsp3) is 0.750. The zero-order chi connectivity index (χ0) is 11.5. The van der Waals surface area contributed by atoms with Crippen molar-refractivity contribution in [2.45, 2.75) is 18.9 Å². The van der Waals surface area contributed by atoms with Gasteiger partial charge in [-0.2, -0.15) is 0 Å². The van der Waals surface area contributed by atoms with Crippen molar-refractivity contribution < 1.29 is 9.90 Å². The third kappa shape index (κ3) is 2.20. The lowest BCUT2D eigenvalue weighted by atomic mass is 10.1. The summed E-state index contributed by atoms with van der Waals surface area (Å²) >= 11 is 0. The van der Waals surface area contributed by atoms with Crippen LogP contribution in [0.25, 0.3) is 0 Å². The SMILES string of the molecule is Cn1nnnc1N1CCC(NC(=O)O)CC1. The van der Waals surface area contributed by atoms with E-state index in [1.807, 2.05) is 0 Å². The van der Waals surface area contributed by atoms with Crippen molar-refractivity contribution in [1.82, 2.24) is 25.5 Å². The number of aryl methyl sites for hydroxylation is 1. The zero-order valence-electron chi connectivity index (χ0n) is 9.00. The molecule has 0 aromatic carbocycles. The van der Waals surface area contributed by atoms with Gasteiger partial charge in [-0.25, -0.2) is 9.48 Å². The summed E-state index contributed by atoms with van der Waals surface area (Å²) in [5, 5.41) is 22.3. The Bertz CT molecular complexity index is 370. The second kappa shape index (κ2) is 4.33. The van der Waals surface area contributed by atoms with Crippen LogP contribution in [0.1, 0.15) is 12.8 Å². The topological polar surface area (TPSA) is 96.2 Å². The van der Waals surface area contributed by atoms with Gasteiger partial charge in [0, 0.05) is 26.2 Å². The average molecular weight is 226 g/mol. The second-order valence-corrected chi connectivity index (χ2v) is 3.81. The van der Waals surface area contributed by atoms with Crippen molar-refractivity contribution in [1.29, 1.82) is 0 Å². The van der Waals surface area contributed by atoms with Crippen LogP contribution in [0, 0.1) is 0 Å². The number of amides is 1. The smallest absolute Gasteiger partial charge is 0.404 e. The number of tetrazole rings is 1. The highest BCUT2D eigenvalue weighted by atomic mass is 16.4.